The molecule has 0 aromatic heterocycles. The second-order valence-electron chi connectivity index (χ2n) is 4.50. The standard InChI is InChI=1S/C13H14N4O3/c14-8-11-9-15-5-6-16(11)13(18)7-10-3-1-2-4-12(10)17(19)20/h1-4,11,15H,5-7,9H2. The quantitative estimate of drug-likeness (QED) is 0.637. The number of benzene rings is 1. The number of nitrogens with one attached hydrogen (secondary N) is 1. The summed E-state index contributed by atoms with van der Waals surface area (Å²) in [4.78, 5) is 24.1. The second-order valence-corrected chi connectivity index (χ2v) is 4.50. The van der Waals surface area contributed by atoms with Gasteiger partial charge >= 0.3 is 0 Å². The van der Waals surface area contributed by atoms with Gasteiger partial charge in [0.15, 0.2) is 0 Å². The van der Waals surface area contributed by atoms with Crippen molar-refractivity contribution in [1.29, 1.82) is 5.26 Å². The second kappa shape index (κ2) is 6.12. The Morgan fingerprint density at radius 3 is 3.00 bits per heavy atom. The fourth-order valence-corrected chi connectivity index (χ4v) is 2.22. The van der Waals surface area contributed by atoms with Gasteiger partial charge in [0.05, 0.1) is 17.4 Å². The van der Waals surface area contributed by atoms with Crippen molar-refractivity contribution in [3.63, 3.8) is 0 Å². The van der Waals surface area contributed by atoms with Crippen LogP contribution in [-0.4, -0.2) is 41.4 Å². The molecular formula is C13H14N4O3. The van der Waals surface area contributed by atoms with E-state index in [0.29, 0.717) is 25.2 Å². The minimum absolute atomic E-state index is 0.0602. The van der Waals surface area contributed by atoms with E-state index in [4.69, 9.17) is 5.26 Å². The van der Waals surface area contributed by atoms with E-state index in [-0.39, 0.29) is 18.0 Å². The van der Waals surface area contributed by atoms with Gasteiger partial charge in [0.2, 0.25) is 5.91 Å². The van der Waals surface area contributed by atoms with Gasteiger partial charge in [-0.2, -0.15) is 5.26 Å². The number of nitriles is 1. The van der Waals surface area contributed by atoms with Gasteiger partial charge < -0.3 is 10.2 Å². The predicted octanol–water partition coefficient (Wildman–Crippen LogP) is 0.461. The van der Waals surface area contributed by atoms with Crippen molar-refractivity contribution in [1.82, 2.24) is 10.2 Å². The third-order valence-electron chi connectivity index (χ3n) is 3.24. The monoisotopic (exact) mass is 274 g/mol. The largest absolute Gasteiger partial charge is 0.324 e. The van der Waals surface area contributed by atoms with Crippen molar-refractivity contribution in [2.45, 2.75) is 12.5 Å². The summed E-state index contributed by atoms with van der Waals surface area (Å²) in [5.41, 5.74) is 0.308. The average Bonchev–Trinajstić information content (AvgIpc) is 2.47. The molecule has 7 heteroatoms. The lowest BCUT2D eigenvalue weighted by molar-refractivity contribution is -0.385. The zero-order chi connectivity index (χ0) is 14.5. The number of nitrogens with zero attached hydrogens (tertiary/aromatic N) is 3. The highest BCUT2D eigenvalue weighted by molar-refractivity contribution is 5.80. The molecule has 20 heavy (non-hydrogen) atoms. The Kier molecular flexibility index (Phi) is 4.27. The summed E-state index contributed by atoms with van der Waals surface area (Å²) in [6.45, 7) is 1.50. The van der Waals surface area contributed by atoms with Gasteiger partial charge in [0.1, 0.15) is 6.04 Å². The third-order valence-corrected chi connectivity index (χ3v) is 3.24. The van der Waals surface area contributed by atoms with Crippen LogP contribution in [-0.2, 0) is 11.2 Å². The van der Waals surface area contributed by atoms with E-state index < -0.39 is 11.0 Å². The van der Waals surface area contributed by atoms with E-state index in [1.165, 1.54) is 11.0 Å². The SMILES string of the molecule is N#CC1CNCCN1C(=O)Cc1ccccc1[N+](=O)[O-]. The smallest absolute Gasteiger partial charge is 0.273 e. The van der Waals surface area contributed by atoms with Crippen LogP contribution in [0.2, 0.25) is 0 Å². The number of amides is 1. The molecule has 1 heterocycles. The Bertz CT molecular complexity index is 567. The average molecular weight is 274 g/mol. The Labute approximate surface area is 115 Å². The van der Waals surface area contributed by atoms with Gasteiger partial charge in [0, 0.05) is 31.3 Å². The van der Waals surface area contributed by atoms with Gasteiger partial charge in [-0.15, -0.1) is 0 Å². The van der Waals surface area contributed by atoms with Crippen molar-refractivity contribution >= 4 is 11.6 Å². The topological polar surface area (TPSA) is 99.3 Å². The molecule has 104 valence electrons. The van der Waals surface area contributed by atoms with E-state index in [0.717, 1.165) is 0 Å². The minimum atomic E-state index is -0.515. The van der Waals surface area contributed by atoms with Gasteiger partial charge in [-0.3, -0.25) is 14.9 Å². The van der Waals surface area contributed by atoms with E-state index >= 15 is 0 Å². The maximum absolute atomic E-state index is 12.2. The fraction of sp³-hybridized carbons (Fsp3) is 0.385. The summed E-state index contributed by atoms with van der Waals surface area (Å²) < 4.78 is 0. The Morgan fingerprint density at radius 1 is 1.55 bits per heavy atom. The highest BCUT2D eigenvalue weighted by atomic mass is 16.6. The van der Waals surface area contributed by atoms with Gasteiger partial charge in [-0.25, -0.2) is 0 Å². The van der Waals surface area contributed by atoms with Crippen LogP contribution in [0, 0.1) is 21.4 Å². The highest BCUT2D eigenvalue weighted by Gasteiger charge is 2.27. The molecule has 1 atom stereocenters. The minimum Gasteiger partial charge on any atom is -0.324 e. The maximum atomic E-state index is 12.2. The number of nitro benzene ring substituents is 1. The molecule has 2 rings (SSSR count). The first-order valence-corrected chi connectivity index (χ1v) is 6.25. The summed E-state index contributed by atoms with van der Waals surface area (Å²) in [6.07, 6.45) is -0.0602. The molecule has 1 aliphatic heterocycles. The van der Waals surface area contributed by atoms with Crippen molar-refractivity contribution in [3.8, 4) is 6.07 Å². The van der Waals surface area contributed by atoms with Crippen LogP contribution in [0.4, 0.5) is 5.69 Å². The Balaban J connectivity index is 2.15. The normalized spacial score (nSPS) is 18.4. The molecule has 0 spiro atoms. The van der Waals surface area contributed by atoms with Gasteiger partial charge in [-0.1, -0.05) is 18.2 Å². The number of nitro groups is 1. The van der Waals surface area contributed by atoms with Crippen LogP contribution >= 0.6 is 0 Å². The third kappa shape index (κ3) is 2.92. The number of hydrogen-bond acceptors (Lipinski definition) is 5. The van der Waals surface area contributed by atoms with Crippen molar-refractivity contribution in [3.05, 3.63) is 39.9 Å². The van der Waals surface area contributed by atoms with E-state index in [2.05, 4.69) is 11.4 Å². The van der Waals surface area contributed by atoms with Crippen LogP contribution in [0.15, 0.2) is 24.3 Å². The van der Waals surface area contributed by atoms with Crippen molar-refractivity contribution < 1.29 is 9.72 Å². The predicted molar refractivity (Wildman–Crippen MR) is 70.8 cm³/mol. The summed E-state index contributed by atoms with van der Waals surface area (Å²) >= 11 is 0. The number of hydrogen-bond donors (Lipinski definition) is 1. The lowest BCUT2D eigenvalue weighted by Gasteiger charge is -2.32. The zero-order valence-corrected chi connectivity index (χ0v) is 10.8. The number of carbonyl (C=O) groups excluding carboxylic acids is 1. The molecule has 1 aromatic rings. The molecule has 7 nitrogen and oxygen atoms in total. The van der Waals surface area contributed by atoms with Crippen LogP contribution in [0.5, 0.6) is 0 Å². The molecule has 0 radical (unpaired) electrons. The fourth-order valence-electron chi connectivity index (χ4n) is 2.22. The number of piperazine rings is 1. The Hall–Kier alpha value is -2.46. The molecule has 1 amide bonds. The van der Waals surface area contributed by atoms with Crippen molar-refractivity contribution in [2.24, 2.45) is 0 Å². The van der Waals surface area contributed by atoms with Crippen LogP contribution in [0.1, 0.15) is 5.56 Å². The molecule has 1 fully saturated rings. The molecule has 0 aliphatic carbocycles. The van der Waals surface area contributed by atoms with Crippen LogP contribution < -0.4 is 5.32 Å². The summed E-state index contributed by atoms with van der Waals surface area (Å²) in [5.74, 6) is -0.257. The lowest BCUT2D eigenvalue weighted by Crippen LogP contribution is -2.53. The van der Waals surface area contributed by atoms with Gasteiger partial charge in [-0.05, 0) is 0 Å². The van der Waals surface area contributed by atoms with Gasteiger partial charge in [0.25, 0.3) is 5.69 Å². The summed E-state index contributed by atoms with van der Waals surface area (Å²) in [6, 6.07) is 7.72. The molecular weight excluding hydrogens is 260 g/mol. The van der Waals surface area contributed by atoms with Crippen LogP contribution in [0.25, 0.3) is 0 Å². The maximum Gasteiger partial charge on any atom is 0.273 e. The van der Waals surface area contributed by atoms with Crippen molar-refractivity contribution in [2.75, 3.05) is 19.6 Å². The lowest BCUT2D eigenvalue weighted by atomic mass is 10.1. The molecule has 1 N–H and O–H groups in total. The molecule has 0 saturated carbocycles. The first-order valence-electron chi connectivity index (χ1n) is 6.25. The molecule has 1 saturated heterocycles. The number of rotatable bonds is 3. The number of carbonyl (C=O) groups is 1. The first-order chi connectivity index (χ1) is 9.63. The van der Waals surface area contributed by atoms with E-state index in [1.807, 2.05) is 0 Å². The highest BCUT2D eigenvalue weighted by Crippen LogP contribution is 2.19. The Morgan fingerprint density at radius 2 is 2.30 bits per heavy atom. The molecule has 1 aromatic carbocycles. The first kappa shape index (κ1) is 14.0. The number of para-hydroxylation sites is 1. The van der Waals surface area contributed by atoms with E-state index in [9.17, 15) is 14.9 Å². The zero-order valence-electron chi connectivity index (χ0n) is 10.8. The summed E-state index contributed by atoms with van der Waals surface area (Å²) in [5, 5.41) is 23.0. The molecule has 1 unspecified atom stereocenters. The molecule has 1 aliphatic rings. The summed E-state index contributed by atoms with van der Waals surface area (Å²) in [7, 11) is 0. The van der Waals surface area contributed by atoms with E-state index in [1.54, 1.807) is 18.2 Å². The molecule has 0 bridgehead atoms. The van der Waals surface area contributed by atoms with Crippen LogP contribution in [0.3, 0.4) is 0 Å².